The average Bonchev–Trinajstić information content (AvgIpc) is 2.71. The molecule has 0 bridgehead atoms. The third-order valence-corrected chi connectivity index (χ3v) is 4.19. The number of hydrogen-bond acceptors (Lipinski definition) is 6. The van der Waals surface area contributed by atoms with Crippen molar-refractivity contribution in [1.29, 1.82) is 5.26 Å². The van der Waals surface area contributed by atoms with Crippen molar-refractivity contribution in [3.8, 4) is 23.3 Å². The van der Waals surface area contributed by atoms with Crippen LogP contribution in [-0.2, 0) is 14.3 Å². The number of para-hydroxylation sites is 1. The predicted octanol–water partition coefficient (Wildman–Crippen LogP) is 3.06. The van der Waals surface area contributed by atoms with Gasteiger partial charge in [-0.05, 0) is 25.1 Å². The van der Waals surface area contributed by atoms with Crippen LogP contribution in [0.15, 0.2) is 60.2 Å². The maximum Gasteiger partial charge on any atom is 0.333 e. The maximum absolute atomic E-state index is 12.7. The van der Waals surface area contributed by atoms with E-state index >= 15 is 0 Å². The van der Waals surface area contributed by atoms with E-state index in [1.54, 1.807) is 36.4 Å². The second kappa shape index (κ2) is 8.31. The van der Waals surface area contributed by atoms with Crippen molar-refractivity contribution in [3.63, 3.8) is 0 Å². The third kappa shape index (κ3) is 3.96. The van der Waals surface area contributed by atoms with Gasteiger partial charge >= 0.3 is 5.97 Å². The molecule has 0 aromatic heterocycles. The Kier molecular flexibility index (Phi) is 5.65. The lowest BCUT2D eigenvalue weighted by Crippen LogP contribution is -2.30. The van der Waals surface area contributed by atoms with Crippen LogP contribution in [0, 0.1) is 11.3 Å². The Morgan fingerprint density at radius 1 is 1.21 bits per heavy atom. The van der Waals surface area contributed by atoms with Crippen LogP contribution in [-0.4, -0.2) is 30.1 Å². The first-order valence-electron chi connectivity index (χ1n) is 8.78. The average molecular weight is 390 g/mol. The molecule has 0 aliphatic carbocycles. The summed E-state index contributed by atoms with van der Waals surface area (Å²) in [5.74, 6) is -0.510. The van der Waals surface area contributed by atoms with Crippen LogP contribution in [0.4, 0.5) is 0 Å². The van der Waals surface area contributed by atoms with Crippen LogP contribution < -0.4 is 10.1 Å². The molecule has 3 rings (SSSR count). The van der Waals surface area contributed by atoms with Crippen LogP contribution in [0.2, 0.25) is 0 Å². The number of aromatic hydroxyl groups is 1. The quantitative estimate of drug-likeness (QED) is 0.300. The van der Waals surface area contributed by atoms with Gasteiger partial charge in [-0.15, -0.1) is 0 Å². The molecular formula is C22H18N2O5. The normalized spacial score (nSPS) is 13.1. The standard InChI is InChI=1S/C22H18N2O5/c1-13(2)22(27)28-11-10-24-21(26)15(12-23)19-14-6-3-4-8-17(14)29-18-9-5-7-16(25)20(18)19/h3-9,25H,1,10-11H2,2H3,(H,24,26)/b19-15+. The van der Waals surface area contributed by atoms with E-state index in [4.69, 9.17) is 9.47 Å². The van der Waals surface area contributed by atoms with Crippen LogP contribution in [0.25, 0.3) is 5.57 Å². The number of nitrogens with one attached hydrogen (secondary N) is 1. The lowest BCUT2D eigenvalue weighted by atomic mass is 9.89. The minimum Gasteiger partial charge on any atom is -0.507 e. The van der Waals surface area contributed by atoms with Crippen LogP contribution in [0.5, 0.6) is 17.2 Å². The Morgan fingerprint density at radius 3 is 2.66 bits per heavy atom. The Labute approximate surface area is 167 Å². The van der Waals surface area contributed by atoms with E-state index in [2.05, 4.69) is 11.9 Å². The Morgan fingerprint density at radius 2 is 1.93 bits per heavy atom. The number of amides is 1. The summed E-state index contributed by atoms with van der Waals surface area (Å²) in [4.78, 5) is 24.1. The lowest BCUT2D eigenvalue weighted by molar-refractivity contribution is -0.139. The molecule has 2 N–H and O–H groups in total. The molecule has 29 heavy (non-hydrogen) atoms. The molecule has 2 aromatic rings. The van der Waals surface area contributed by atoms with Crippen molar-refractivity contribution in [1.82, 2.24) is 5.32 Å². The fourth-order valence-electron chi connectivity index (χ4n) is 2.87. The fraction of sp³-hybridized carbons (Fsp3) is 0.136. The van der Waals surface area contributed by atoms with Gasteiger partial charge in [-0.3, -0.25) is 4.79 Å². The van der Waals surface area contributed by atoms with E-state index in [1.165, 1.54) is 13.0 Å². The van der Waals surface area contributed by atoms with Gasteiger partial charge in [0.1, 0.15) is 35.5 Å². The van der Waals surface area contributed by atoms with Crippen LogP contribution in [0.1, 0.15) is 18.1 Å². The molecule has 1 heterocycles. The number of rotatable bonds is 5. The molecule has 146 valence electrons. The number of carbonyl (C=O) groups excluding carboxylic acids is 2. The summed E-state index contributed by atoms with van der Waals surface area (Å²) in [6.45, 7) is 4.95. The number of phenolic OH excluding ortho intramolecular Hbond substituents is 1. The Bertz CT molecular complexity index is 1080. The SMILES string of the molecule is C=C(C)C(=O)OCCNC(=O)/C(C#N)=C1\c2ccccc2Oc2cccc(O)c21. The number of ether oxygens (including phenoxy) is 2. The molecule has 7 heteroatoms. The monoisotopic (exact) mass is 390 g/mol. The highest BCUT2D eigenvalue weighted by Crippen LogP contribution is 2.48. The highest BCUT2D eigenvalue weighted by molar-refractivity contribution is 6.10. The summed E-state index contributed by atoms with van der Waals surface area (Å²) in [6.07, 6.45) is 0. The highest BCUT2D eigenvalue weighted by atomic mass is 16.5. The third-order valence-electron chi connectivity index (χ3n) is 4.19. The Hall–Kier alpha value is -4.05. The predicted molar refractivity (Wildman–Crippen MR) is 105 cm³/mol. The molecule has 0 spiro atoms. The van der Waals surface area contributed by atoms with E-state index < -0.39 is 11.9 Å². The van der Waals surface area contributed by atoms with E-state index in [0.717, 1.165) is 0 Å². The zero-order chi connectivity index (χ0) is 21.0. The number of hydrogen-bond donors (Lipinski definition) is 2. The first-order valence-corrected chi connectivity index (χ1v) is 8.78. The number of benzene rings is 2. The minimum absolute atomic E-state index is 0.0160. The zero-order valence-corrected chi connectivity index (χ0v) is 15.7. The Balaban J connectivity index is 1.95. The van der Waals surface area contributed by atoms with Gasteiger partial charge in [-0.25, -0.2) is 4.79 Å². The minimum atomic E-state index is -0.653. The lowest BCUT2D eigenvalue weighted by Gasteiger charge is -2.24. The fourth-order valence-corrected chi connectivity index (χ4v) is 2.87. The van der Waals surface area contributed by atoms with E-state index in [1.807, 2.05) is 6.07 Å². The molecule has 2 aromatic carbocycles. The maximum atomic E-state index is 12.7. The van der Waals surface area contributed by atoms with Gasteiger partial charge in [-0.2, -0.15) is 5.26 Å². The summed E-state index contributed by atoms with van der Waals surface area (Å²) in [5, 5.41) is 22.7. The van der Waals surface area contributed by atoms with Gasteiger partial charge in [0.2, 0.25) is 0 Å². The van der Waals surface area contributed by atoms with Crippen molar-refractivity contribution in [2.75, 3.05) is 13.2 Å². The highest BCUT2D eigenvalue weighted by Gasteiger charge is 2.29. The van der Waals surface area contributed by atoms with Crippen molar-refractivity contribution in [2.45, 2.75) is 6.92 Å². The molecule has 0 fully saturated rings. The molecule has 1 aliphatic rings. The summed E-state index contributed by atoms with van der Waals surface area (Å²) in [7, 11) is 0. The molecule has 0 radical (unpaired) electrons. The van der Waals surface area contributed by atoms with Crippen molar-refractivity contribution in [2.24, 2.45) is 0 Å². The second-order valence-electron chi connectivity index (χ2n) is 6.28. The van der Waals surface area contributed by atoms with E-state index in [0.29, 0.717) is 17.1 Å². The topological polar surface area (TPSA) is 109 Å². The summed E-state index contributed by atoms with van der Waals surface area (Å²) in [6, 6.07) is 13.6. The van der Waals surface area contributed by atoms with Crippen molar-refractivity contribution in [3.05, 3.63) is 71.3 Å². The zero-order valence-electron chi connectivity index (χ0n) is 15.7. The van der Waals surface area contributed by atoms with Gasteiger partial charge in [0.25, 0.3) is 5.91 Å². The van der Waals surface area contributed by atoms with Gasteiger partial charge in [0.15, 0.2) is 0 Å². The van der Waals surface area contributed by atoms with Gasteiger partial charge in [-0.1, -0.05) is 30.8 Å². The molecule has 1 amide bonds. The first kappa shape index (κ1) is 19.7. The van der Waals surface area contributed by atoms with Crippen LogP contribution >= 0.6 is 0 Å². The molecule has 0 atom stereocenters. The van der Waals surface area contributed by atoms with Crippen LogP contribution in [0.3, 0.4) is 0 Å². The molecule has 1 aliphatic heterocycles. The van der Waals surface area contributed by atoms with Gasteiger partial charge < -0.3 is 19.9 Å². The summed E-state index contributed by atoms with van der Waals surface area (Å²) < 4.78 is 10.7. The smallest absolute Gasteiger partial charge is 0.333 e. The second-order valence-corrected chi connectivity index (χ2v) is 6.28. The summed E-state index contributed by atoms with van der Waals surface area (Å²) in [5.41, 5.74) is 1.13. The number of carbonyl (C=O) groups is 2. The van der Waals surface area contributed by atoms with E-state index in [9.17, 15) is 20.0 Å². The molecule has 0 saturated carbocycles. The molecular weight excluding hydrogens is 372 g/mol. The molecule has 0 unspecified atom stereocenters. The van der Waals surface area contributed by atoms with Gasteiger partial charge in [0.05, 0.1) is 12.1 Å². The molecule has 7 nitrogen and oxygen atoms in total. The number of phenols is 1. The largest absolute Gasteiger partial charge is 0.507 e. The van der Waals surface area contributed by atoms with Crippen molar-refractivity contribution < 1.29 is 24.2 Å². The van der Waals surface area contributed by atoms with Gasteiger partial charge in [0, 0.05) is 16.7 Å². The molecule has 0 saturated heterocycles. The number of esters is 1. The summed E-state index contributed by atoms with van der Waals surface area (Å²) >= 11 is 0. The van der Waals surface area contributed by atoms with Crippen molar-refractivity contribution >= 4 is 17.4 Å². The van der Waals surface area contributed by atoms with E-state index in [-0.39, 0.29) is 41.2 Å². The number of nitrogens with zero attached hydrogens (tertiary/aromatic N) is 1. The first-order chi connectivity index (χ1) is 13.9. The number of fused-ring (bicyclic) bond motifs is 2. The number of nitriles is 1.